The minimum atomic E-state index is -0.498. The van der Waals surface area contributed by atoms with Gasteiger partial charge in [0.15, 0.2) is 0 Å². The predicted octanol–water partition coefficient (Wildman–Crippen LogP) is 2.41. The summed E-state index contributed by atoms with van der Waals surface area (Å²) in [4.78, 5) is 8.28. The van der Waals surface area contributed by atoms with Crippen molar-refractivity contribution in [3.05, 3.63) is 48.0 Å². The van der Waals surface area contributed by atoms with E-state index in [-0.39, 0.29) is 0 Å². The van der Waals surface area contributed by atoms with Crippen molar-refractivity contribution in [2.45, 2.75) is 17.4 Å². The SMILES string of the molecule is CSc1ccc(C(O)Cc2ncc[nH]2)cc1. The van der Waals surface area contributed by atoms with Crippen LogP contribution in [0.1, 0.15) is 17.5 Å². The second kappa shape index (κ2) is 5.18. The number of nitrogens with zero attached hydrogens (tertiary/aromatic N) is 1. The summed E-state index contributed by atoms with van der Waals surface area (Å²) in [6.07, 6.45) is 5.51. The van der Waals surface area contributed by atoms with Crippen LogP contribution in [0.2, 0.25) is 0 Å². The van der Waals surface area contributed by atoms with Crippen LogP contribution < -0.4 is 0 Å². The number of rotatable bonds is 4. The van der Waals surface area contributed by atoms with Gasteiger partial charge in [0.1, 0.15) is 5.82 Å². The van der Waals surface area contributed by atoms with Crippen LogP contribution in [-0.4, -0.2) is 21.3 Å². The van der Waals surface area contributed by atoms with Crippen molar-refractivity contribution in [1.29, 1.82) is 0 Å². The fourth-order valence-corrected chi connectivity index (χ4v) is 1.94. The Morgan fingerprint density at radius 3 is 2.69 bits per heavy atom. The van der Waals surface area contributed by atoms with E-state index >= 15 is 0 Å². The molecule has 0 saturated carbocycles. The van der Waals surface area contributed by atoms with Crippen molar-refractivity contribution >= 4 is 11.8 Å². The minimum Gasteiger partial charge on any atom is -0.388 e. The molecule has 2 N–H and O–H groups in total. The van der Waals surface area contributed by atoms with Gasteiger partial charge in [-0.3, -0.25) is 0 Å². The van der Waals surface area contributed by atoms with E-state index in [0.29, 0.717) is 6.42 Å². The van der Waals surface area contributed by atoms with Gasteiger partial charge in [0.05, 0.1) is 6.10 Å². The zero-order valence-corrected chi connectivity index (χ0v) is 9.87. The van der Waals surface area contributed by atoms with E-state index in [1.807, 2.05) is 30.5 Å². The molecule has 1 aromatic carbocycles. The van der Waals surface area contributed by atoms with Gasteiger partial charge in [0, 0.05) is 23.7 Å². The molecule has 0 radical (unpaired) electrons. The molecule has 1 aromatic heterocycles. The maximum Gasteiger partial charge on any atom is 0.108 e. The molecule has 1 unspecified atom stereocenters. The van der Waals surface area contributed by atoms with Crippen LogP contribution >= 0.6 is 11.8 Å². The van der Waals surface area contributed by atoms with Gasteiger partial charge in [0.2, 0.25) is 0 Å². The number of imidazole rings is 1. The Hall–Kier alpha value is -1.26. The zero-order valence-electron chi connectivity index (χ0n) is 9.05. The quantitative estimate of drug-likeness (QED) is 0.799. The van der Waals surface area contributed by atoms with Crippen molar-refractivity contribution < 1.29 is 5.11 Å². The molecule has 3 nitrogen and oxygen atoms in total. The number of hydrogen-bond acceptors (Lipinski definition) is 3. The Balaban J connectivity index is 2.05. The van der Waals surface area contributed by atoms with Gasteiger partial charge < -0.3 is 10.1 Å². The fourth-order valence-electron chi connectivity index (χ4n) is 1.54. The van der Waals surface area contributed by atoms with E-state index in [4.69, 9.17) is 0 Å². The lowest BCUT2D eigenvalue weighted by molar-refractivity contribution is 0.176. The second-order valence-corrected chi connectivity index (χ2v) is 4.41. The largest absolute Gasteiger partial charge is 0.388 e. The average Bonchev–Trinajstić information content (AvgIpc) is 2.82. The highest BCUT2D eigenvalue weighted by Crippen LogP contribution is 2.20. The van der Waals surface area contributed by atoms with E-state index in [2.05, 4.69) is 9.97 Å². The lowest BCUT2D eigenvalue weighted by atomic mass is 10.1. The van der Waals surface area contributed by atoms with Crippen LogP contribution in [0.4, 0.5) is 0 Å². The van der Waals surface area contributed by atoms with Crippen molar-refractivity contribution in [1.82, 2.24) is 9.97 Å². The summed E-state index contributed by atoms with van der Waals surface area (Å²) in [5.41, 5.74) is 0.925. The first-order chi connectivity index (χ1) is 7.79. The summed E-state index contributed by atoms with van der Waals surface area (Å²) in [5, 5.41) is 9.99. The third kappa shape index (κ3) is 2.65. The number of hydrogen-bond donors (Lipinski definition) is 2. The molecule has 2 aromatic rings. The first kappa shape index (κ1) is 11.2. The number of aliphatic hydroxyl groups is 1. The molecule has 4 heteroatoms. The molecular formula is C12H14N2OS. The standard InChI is InChI=1S/C12H14N2OS/c1-16-10-4-2-9(3-5-10)11(15)8-12-13-6-7-14-12/h2-7,11,15H,8H2,1H3,(H,13,14). The Morgan fingerprint density at radius 2 is 2.12 bits per heavy atom. The summed E-state index contributed by atoms with van der Waals surface area (Å²) < 4.78 is 0. The van der Waals surface area contributed by atoms with Crippen LogP contribution in [0.3, 0.4) is 0 Å². The molecule has 0 spiro atoms. The predicted molar refractivity (Wildman–Crippen MR) is 65.5 cm³/mol. The third-order valence-electron chi connectivity index (χ3n) is 2.44. The molecule has 0 bridgehead atoms. The van der Waals surface area contributed by atoms with Crippen molar-refractivity contribution in [2.24, 2.45) is 0 Å². The second-order valence-electron chi connectivity index (χ2n) is 3.53. The summed E-state index contributed by atoms with van der Waals surface area (Å²) >= 11 is 1.69. The van der Waals surface area contributed by atoms with Gasteiger partial charge >= 0.3 is 0 Å². The summed E-state index contributed by atoms with van der Waals surface area (Å²) in [7, 11) is 0. The van der Waals surface area contributed by atoms with E-state index in [0.717, 1.165) is 11.4 Å². The lowest BCUT2D eigenvalue weighted by Gasteiger charge is -2.09. The normalized spacial score (nSPS) is 12.6. The molecule has 84 valence electrons. The third-order valence-corrected chi connectivity index (χ3v) is 3.19. The summed E-state index contributed by atoms with van der Waals surface area (Å²) in [6.45, 7) is 0. The monoisotopic (exact) mass is 234 g/mol. The number of nitrogens with one attached hydrogen (secondary N) is 1. The maximum atomic E-state index is 9.99. The van der Waals surface area contributed by atoms with Crippen LogP contribution in [-0.2, 0) is 6.42 Å². The van der Waals surface area contributed by atoms with Gasteiger partial charge in [-0.2, -0.15) is 0 Å². The van der Waals surface area contributed by atoms with E-state index in [1.165, 1.54) is 4.90 Å². The Labute approximate surface area is 98.9 Å². The first-order valence-corrected chi connectivity index (χ1v) is 6.32. The molecule has 0 aliphatic carbocycles. The van der Waals surface area contributed by atoms with E-state index in [9.17, 15) is 5.11 Å². The van der Waals surface area contributed by atoms with E-state index in [1.54, 1.807) is 24.2 Å². The van der Waals surface area contributed by atoms with Crippen molar-refractivity contribution in [2.75, 3.05) is 6.26 Å². The van der Waals surface area contributed by atoms with Crippen LogP contribution in [0.15, 0.2) is 41.6 Å². The van der Waals surface area contributed by atoms with Gasteiger partial charge in [-0.25, -0.2) is 4.98 Å². The summed E-state index contributed by atoms with van der Waals surface area (Å²) in [6, 6.07) is 7.95. The fraction of sp³-hybridized carbons (Fsp3) is 0.250. The molecule has 1 atom stereocenters. The Morgan fingerprint density at radius 1 is 1.38 bits per heavy atom. The molecule has 0 amide bonds. The number of aromatic nitrogens is 2. The van der Waals surface area contributed by atoms with Crippen LogP contribution in [0.5, 0.6) is 0 Å². The van der Waals surface area contributed by atoms with Gasteiger partial charge in [-0.05, 0) is 24.0 Å². The molecule has 2 rings (SSSR count). The minimum absolute atomic E-state index is 0.498. The molecule has 0 aliphatic rings. The molecule has 0 fully saturated rings. The van der Waals surface area contributed by atoms with Crippen molar-refractivity contribution in [3.8, 4) is 0 Å². The van der Waals surface area contributed by atoms with E-state index < -0.39 is 6.10 Å². The number of thioether (sulfide) groups is 1. The Bertz CT molecular complexity index is 425. The number of aliphatic hydroxyl groups excluding tert-OH is 1. The van der Waals surface area contributed by atoms with Gasteiger partial charge in [-0.1, -0.05) is 12.1 Å². The zero-order chi connectivity index (χ0) is 11.4. The molecule has 0 aliphatic heterocycles. The number of aromatic amines is 1. The molecular weight excluding hydrogens is 220 g/mol. The smallest absolute Gasteiger partial charge is 0.108 e. The molecule has 1 heterocycles. The van der Waals surface area contributed by atoms with Crippen LogP contribution in [0.25, 0.3) is 0 Å². The van der Waals surface area contributed by atoms with Gasteiger partial charge in [-0.15, -0.1) is 11.8 Å². The average molecular weight is 234 g/mol. The van der Waals surface area contributed by atoms with Gasteiger partial charge in [0.25, 0.3) is 0 Å². The highest BCUT2D eigenvalue weighted by molar-refractivity contribution is 7.98. The first-order valence-electron chi connectivity index (χ1n) is 5.10. The number of H-pyrrole nitrogens is 1. The van der Waals surface area contributed by atoms with Crippen molar-refractivity contribution in [3.63, 3.8) is 0 Å². The maximum absolute atomic E-state index is 9.99. The number of benzene rings is 1. The molecule has 16 heavy (non-hydrogen) atoms. The highest BCUT2D eigenvalue weighted by atomic mass is 32.2. The highest BCUT2D eigenvalue weighted by Gasteiger charge is 2.09. The summed E-state index contributed by atoms with van der Waals surface area (Å²) in [5.74, 6) is 0.807. The lowest BCUT2D eigenvalue weighted by Crippen LogP contribution is -2.02. The topological polar surface area (TPSA) is 48.9 Å². The Kier molecular flexibility index (Phi) is 3.64. The van der Waals surface area contributed by atoms with Crippen LogP contribution in [0, 0.1) is 0 Å². The molecule has 0 saturated heterocycles.